The van der Waals surface area contributed by atoms with Crippen molar-refractivity contribution in [1.82, 2.24) is 19.4 Å². The number of aliphatic carboxylic acids is 1. The van der Waals surface area contributed by atoms with Crippen LogP contribution in [0.3, 0.4) is 0 Å². The molecule has 0 bridgehead atoms. The van der Waals surface area contributed by atoms with Gasteiger partial charge in [0.25, 0.3) is 5.56 Å². The van der Waals surface area contributed by atoms with Crippen molar-refractivity contribution in [2.75, 3.05) is 26.2 Å². The van der Waals surface area contributed by atoms with Gasteiger partial charge in [-0.1, -0.05) is 37.3 Å². The van der Waals surface area contributed by atoms with Gasteiger partial charge >= 0.3 is 5.97 Å². The molecule has 4 heterocycles. The van der Waals surface area contributed by atoms with Gasteiger partial charge in [0.05, 0.1) is 23.9 Å². The van der Waals surface area contributed by atoms with Gasteiger partial charge in [-0.05, 0) is 62.2 Å². The highest BCUT2D eigenvalue weighted by atomic mass is 32.1. The summed E-state index contributed by atoms with van der Waals surface area (Å²) in [5.41, 5.74) is 1.15. The number of hydrogen-bond acceptors (Lipinski definition) is 6. The Hall–Kier alpha value is -2.55. The molecule has 0 radical (unpaired) electrons. The molecule has 0 spiro atoms. The molecular weight excluding hydrogens is 460 g/mol. The molecule has 0 saturated carbocycles. The Morgan fingerprint density at radius 1 is 1.09 bits per heavy atom. The first kappa shape index (κ1) is 24.2. The average Bonchev–Trinajstić information content (AvgIpc) is 3.37. The lowest BCUT2D eigenvalue weighted by Crippen LogP contribution is -2.49. The predicted octanol–water partition coefficient (Wildman–Crippen LogP) is 4.22. The maximum absolute atomic E-state index is 13.5. The molecule has 186 valence electrons. The third kappa shape index (κ3) is 5.06. The van der Waals surface area contributed by atoms with Crippen LogP contribution >= 0.6 is 11.3 Å². The topological polar surface area (TPSA) is 78.7 Å². The summed E-state index contributed by atoms with van der Waals surface area (Å²) in [5, 5.41) is 12.0. The van der Waals surface area contributed by atoms with Gasteiger partial charge in [0.15, 0.2) is 0 Å². The number of nitrogens with zero attached hydrogens (tertiary/aromatic N) is 4. The first-order valence-corrected chi connectivity index (χ1v) is 13.7. The highest BCUT2D eigenvalue weighted by Crippen LogP contribution is 2.31. The molecule has 2 aliphatic heterocycles. The first-order valence-electron chi connectivity index (χ1n) is 12.8. The molecule has 8 heteroatoms. The van der Waals surface area contributed by atoms with Gasteiger partial charge in [0.1, 0.15) is 10.7 Å². The third-order valence-corrected chi connectivity index (χ3v) is 8.62. The van der Waals surface area contributed by atoms with Crippen molar-refractivity contribution in [2.45, 2.75) is 57.7 Å². The Morgan fingerprint density at radius 3 is 2.46 bits per heavy atom. The highest BCUT2D eigenvalue weighted by molar-refractivity contribution is 7.16. The molecule has 2 aliphatic rings. The van der Waals surface area contributed by atoms with E-state index in [0.717, 1.165) is 74.5 Å². The summed E-state index contributed by atoms with van der Waals surface area (Å²) in [6.45, 7) is 6.40. The lowest BCUT2D eigenvalue weighted by molar-refractivity contribution is -0.143. The fourth-order valence-electron chi connectivity index (χ4n) is 5.82. The molecule has 3 aromatic rings. The minimum absolute atomic E-state index is 0.0461. The zero-order valence-electron chi connectivity index (χ0n) is 20.3. The average molecular weight is 495 g/mol. The normalized spacial score (nSPS) is 19.8. The van der Waals surface area contributed by atoms with Gasteiger partial charge in [-0.15, -0.1) is 11.3 Å². The van der Waals surface area contributed by atoms with Crippen molar-refractivity contribution in [3.63, 3.8) is 0 Å². The van der Waals surface area contributed by atoms with Gasteiger partial charge in [0, 0.05) is 19.1 Å². The van der Waals surface area contributed by atoms with Crippen LogP contribution in [0.25, 0.3) is 10.2 Å². The van der Waals surface area contributed by atoms with E-state index in [1.54, 1.807) is 0 Å². The van der Waals surface area contributed by atoms with Crippen LogP contribution in [0.15, 0.2) is 46.6 Å². The highest BCUT2D eigenvalue weighted by Gasteiger charge is 2.33. The molecular formula is C27H34N4O3S. The van der Waals surface area contributed by atoms with E-state index < -0.39 is 5.97 Å². The van der Waals surface area contributed by atoms with Crippen molar-refractivity contribution in [3.05, 3.63) is 63.5 Å². The third-order valence-electron chi connectivity index (χ3n) is 7.82. The van der Waals surface area contributed by atoms with Crippen molar-refractivity contribution in [3.8, 4) is 0 Å². The van der Waals surface area contributed by atoms with Crippen LogP contribution in [-0.2, 0) is 11.3 Å². The van der Waals surface area contributed by atoms with E-state index in [0.29, 0.717) is 18.0 Å². The first-order chi connectivity index (χ1) is 17.0. The molecule has 1 N–H and O–H groups in total. The van der Waals surface area contributed by atoms with Gasteiger partial charge in [0.2, 0.25) is 0 Å². The number of fused-ring (bicyclic) bond motifs is 1. The number of likely N-dealkylation sites (tertiary alicyclic amines) is 2. The summed E-state index contributed by atoms with van der Waals surface area (Å²) >= 11 is 1.54. The number of carboxylic acid groups (broad SMARTS) is 1. The minimum Gasteiger partial charge on any atom is -0.481 e. The van der Waals surface area contributed by atoms with E-state index in [-0.39, 0.29) is 17.5 Å². The van der Waals surface area contributed by atoms with Gasteiger partial charge < -0.3 is 10.0 Å². The van der Waals surface area contributed by atoms with E-state index in [1.165, 1.54) is 11.3 Å². The summed E-state index contributed by atoms with van der Waals surface area (Å²) < 4.78 is 1.89. The smallest absolute Gasteiger partial charge is 0.306 e. The van der Waals surface area contributed by atoms with E-state index in [2.05, 4.69) is 28.9 Å². The molecule has 0 aliphatic carbocycles. The summed E-state index contributed by atoms with van der Waals surface area (Å²) in [4.78, 5) is 35.7. The summed E-state index contributed by atoms with van der Waals surface area (Å²) in [7, 11) is 0. The Kier molecular flexibility index (Phi) is 7.32. The molecule has 2 fully saturated rings. The molecule has 7 nitrogen and oxygen atoms in total. The fourth-order valence-corrected chi connectivity index (χ4v) is 6.58. The van der Waals surface area contributed by atoms with E-state index >= 15 is 0 Å². The Bertz CT molecular complexity index is 1210. The van der Waals surface area contributed by atoms with Crippen LogP contribution in [0.2, 0.25) is 0 Å². The molecule has 0 amide bonds. The van der Waals surface area contributed by atoms with Crippen LogP contribution in [-0.4, -0.2) is 62.6 Å². The second kappa shape index (κ2) is 10.6. The maximum Gasteiger partial charge on any atom is 0.306 e. The molecule has 1 unspecified atom stereocenters. The molecule has 2 saturated heterocycles. The number of benzene rings is 1. The number of thiophene rings is 1. The molecule has 1 atom stereocenters. The van der Waals surface area contributed by atoms with Crippen molar-refractivity contribution in [2.24, 2.45) is 5.92 Å². The minimum atomic E-state index is -0.651. The monoisotopic (exact) mass is 494 g/mol. The zero-order valence-corrected chi connectivity index (χ0v) is 21.1. The number of hydrogen-bond donors (Lipinski definition) is 1. The van der Waals surface area contributed by atoms with Crippen molar-refractivity contribution >= 4 is 27.5 Å². The van der Waals surface area contributed by atoms with Crippen LogP contribution in [0.5, 0.6) is 0 Å². The van der Waals surface area contributed by atoms with Crippen LogP contribution < -0.4 is 5.56 Å². The van der Waals surface area contributed by atoms with E-state index in [9.17, 15) is 14.7 Å². The number of carbonyl (C=O) groups is 1. The second-order valence-corrected chi connectivity index (χ2v) is 10.7. The fraction of sp³-hybridized carbons (Fsp3) is 0.519. The standard InChI is InChI=1S/C27H34N4O3S/c1-2-23(30-15-10-21(11-16-30)29-13-8-20(9-14-29)27(33)34)24-28-25-22(12-17-35-25)26(32)31(24)18-19-6-4-3-5-7-19/h3-7,12,17,20-21,23H,2,8-11,13-16,18H2,1H3,(H,33,34). The van der Waals surface area contributed by atoms with Gasteiger partial charge in [-0.2, -0.15) is 0 Å². The summed E-state index contributed by atoms with van der Waals surface area (Å²) in [6.07, 6.45) is 4.54. The van der Waals surface area contributed by atoms with Crippen molar-refractivity contribution < 1.29 is 9.90 Å². The SMILES string of the molecule is CCC(c1nc2sccc2c(=O)n1Cc1ccccc1)N1CCC(N2CCC(C(=O)O)CC2)CC1. The number of carboxylic acids is 1. The quantitative estimate of drug-likeness (QED) is 0.530. The molecule has 2 aromatic heterocycles. The number of rotatable bonds is 7. The Morgan fingerprint density at radius 2 is 1.80 bits per heavy atom. The predicted molar refractivity (Wildman–Crippen MR) is 139 cm³/mol. The van der Waals surface area contributed by atoms with Gasteiger partial charge in [-0.25, -0.2) is 4.98 Å². The van der Waals surface area contributed by atoms with Crippen molar-refractivity contribution in [1.29, 1.82) is 0 Å². The summed E-state index contributed by atoms with van der Waals surface area (Å²) in [5.74, 6) is 0.0365. The maximum atomic E-state index is 13.5. The molecule has 1 aromatic carbocycles. The lowest BCUT2D eigenvalue weighted by atomic mass is 9.93. The Labute approximate surface area is 210 Å². The largest absolute Gasteiger partial charge is 0.481 e. The Balaban J connectivity index is 1.35. The molecule has 5 rings (SSSR count). The molecule has 35 heavy (non-hydrogen) atoms. The van der Waals surface area contributed by atoms with E-state index in [4.69, 9.17) is 4.98 Å². The second-order valence-electron chi connectivity index (χ2n) is 9.83. The van der Waals surface area contributed by atoms with Gasteiger partial charge in [-0.3, -0.25) is 19.1 Å². The van der Waals surface area contributed by atoms with Crippen LogP contribution in [0.1, 0.15) is 56.5 Å². The zero-order chi connectivity index (χ0) is 24.4. The van der Waals surface area contributed by atoms with E-state index in [1.807, 2.05) is 34.2 Å². The number of aromatic nitrogens is 2. The van der Waals surface area contributed by atoms with Crippen LogP contribution in [0, 0.1) is 5.92 Å². The van der Waals surface area contributed by atoms with Crippen LogP contribution in [0.4, 0.5) is 0 Å². The lowest BCUT2D eigenvalue weighted by Gasteiger charge is -2.43. The number of piperidine rings is 2. The summed E-state index contributed by atoms with van der Waals surface area (Å²) in [6, 6.07) is 12.6.